The Hall–Kier alpha value is -3.97. The number of carbonyl (C=O) groups is 3. The number of carbonyl (C=O) groups excluding carboxylic acids is 3. The van der Waals surface area contributed by atoms with Crippen molar-refractivity contribution < 1.29 is 33.4 Å². The van der Waals surface area contributed by atoms with Crippen LogP contribution in [0, 0.1) is 0 Å². The van der Waals surface area contributed by atoms with E-state index in [4.69, 9.17) is 19.0 Å². The minimum atomic E-state index is -0.442. The predicted octanol–water partition coefficient (Wildman–Crippen LogP) is 3.08. The molecule has 3 saturated heterocycles. The number of nitrogens with zero attached hydrogens (tertiary/aromatic N) is 4. The van der Waals surface area contributed by atoms with Crippen molar-refractivity contribution in [3.63, 3.8) is 0 Å². The van der Waals surface area contributed by atoms with E-state index in [1.165, 1.54) is 4.90 Å². The molecule has 2 aromatic carbocycles. The van der Waals surface area contributed by atoms with Gasteiger partial charge in [0.15, 0.2) is 6.29 Å². The molecule has 4 amide bonds. The van der Waals surface area contributed by atoms with Crippen LogP contribution in [0.2, 0.25) is 0 Å². The molecule has 5 heterocycles. The zero-order chi connectivity index (χ0) is 30.9. The Morgan fingerprint density at radius 2 is 1.87 bits per heavy atom. The number of nitrogens with one attached hydrogen (secondary N) is 1. The van der Waals surface area contributed by atoms with Crippen LogP contribution in [0.5, 0.6) is 5.75 Å². The average molecular weight is 618 g/mol. The highest BCUT2D eigenvalue weighted by molar-refractivity contribution is 6.04. The first-order valence-corrected chi connectivity index (χ1v) is 15.8. The summed E-state index contributed by atoms with van der Waals surface area (Å²) < 4.78 is 19.3. The van der Waals surface area contributed by atoms with E-state index in [0.29, 0.717) is 38.4 Å². The Kier molecular flexibility index (Phi) is 8.45. The summed E-state index contributed by atoms with van der Waals surface area (Å²) in [6.45, 7) is 6.59. The first-order valence-electron chi connectivity index (χ1n) is 15.8. The SMILES string of the molecule is CN1C(=O)[C@H]2CN(Cc3c2c2cc(OCCN4CCOCC4)ccc2n3Cc2ccc(C(=O)NOC3CCCCO3)cc2)C1=O. The van der Waals surface area contributed by atoms with Gasteiger partial charge in [0, 0.05) is 75.0 Å². The maximum atomic E-state index is 13.4. The number of likely N-dealkylation sites (N-methyl/N-ethyl adjacent to an activating group) is 1. The van der Waals surface area contributed by atoms with Crippen molar-refractivity contribution in [3.05, 3.63) is 64.8 Å². The molecule has 12 heteroatoms. The van der Waals surface area contributed by atoms with E-state index in [1.807, 2.05) is 30.3 Å². The maximum absolute atomic E-state index is 13.4. The molecule has 0 radical (unpaired) electrons. The highest BCUT2D eigenvalue weighted by Gasteiger charge is 2.44. The van der Waals surface area contributed by atoms with Gasteiger partial charge in [0.05, 0.1) is 25.7 Å². The number of rotatable bonds is 9. The van der Waals surface area contributed by atoms with Gasteiger partial charge in [0.25, 0.3) is 5.91 Å². The van der Waals surface area contributed by atoms with Crippen LogP contribution in [-0.2, 0) is 32.2 Å². The number of ether oxygens (including phenoxy) is 3. The van der Waals surface area contributed by atoms with Gasteiger partial charge in [-0.15, -0.1) is 0 Å². The van der Waals surface area contributed by atoms with Crippen molar-refractivity contribution >= 4 is 28.7 Å². The summed E-state index contributed by atoms with van der Waals surface area (Å²) in [6, 6.07) is 13.2. The van der Waals surface area contributed by atoms with Crippen molar-refractivity contribution in [2.45, 2.75) is 44.6 Å². The van der Waals surface area contributed by atoms with E-state index in [-0.39, 0.29) is 17.8 Å². The molecule has 2 bridgehead atoms. The number of urea groups is 1. The quantitative estimate of drug-likeness (QED) is 0.365. The monoisotopic (exact) mass is 617 g/mol. The number of aromatic nitrogens is 1. The van der Waals surface area contributed by atoms with E-state index in [0.717, 1.165) is 85.6 Å². The minimum Gasteiger partial charge on any atom is -0.492 e. The van der Waals surface area contributed by atoms with Gasteiger partial charge in [-0.1, -0.05) is 12.1 Å². The minimum absolute atomic E-state index is 0.189. The molecule has 0 aliphatic carbocycles. The lowest BCUT2D eigenvalue weighted by Gasteiger charge is -2.41. The molecule has 0 saturated carbocycles. The van der Waals surface area contributed by atoms with Crippen LogP contribution in [-0.4, -0.2) is 103 Å². The van der Waals surface area contributed by atoms with Gasteiger partial charge in [0.1, 0.15) is 12.4 Å². The second-order valence-corrected chi connectivity index (χ2v) is 12.1. The van der Waals surface area contributed by atoms with Gasteiger partial charge in [-0.05, 0) is 54.3 Å². The van der Waals surface area contributed by atoms with Crippen LogP contribution in [0.1, 0.15) is 52.4 Å². The van der Waals surface area contributed by atoms with Gasteiger partial charge in [0.2, 0.25) is 5.91 Å². The van der Waals surface area contributed by atoms with Crippen LogP contribution in [0.4, 0.5) is 4.79 Å². The summed E-state index contributed by atoms with van der Waals surface area (Å²) in [5.41, 5.74) is 6.85. The number of hydrogen-bond donors (Lipinski definition) is 1. The Labute approximate surface area is 261 Å². The molecule has 4 aliphatic heterocycles. The summed E-state index contributed by atoms with van der Waals surface area (Å²) in [6.07, 6.45) is 2.34. The van der Waals surface area contributed by atoms with E-state index in [2.05, 4.69) is 14.9 Å². The molecule has 2 atom stereocenters. The molecule has 1 unspecified atom stereocenters. The van der Waals surface area contributed by atoms with Crippen molar-refractivity contribution in [2.75, 3.05) is 59.7 Å². The first kappa shape index (κ1) is 29.7. The predicted molar refractivity (Wildman–Crippen MR) is 164 cm³/mol. The molecular formula is C33H39N5O7. The Morgan fingerprint density at radius 3 is 2.64 bits per heavy atom. The molecule has 238 valence electrons. The third-order valence-electron chi connectivity index (χ3n) is 9.22. The summed E-state index contributed by atoms with van der Waals surface area (Å²) in [5, 5.41) is 0.965. The second kappa shape index (κ2) is 12.8. The molecule has 7 rings (SSSR count). The van der Waals surface area contributed by atoms with Crippen LogP contribution in [0.15, 0.2) is 42.5 Å². The van der Waals surface area contributed by atoms with Crippen molar-refractivity contribution in [3.8, 4) is 5.75 Å². The Balaban J connectivity index is 1.14. The zero-order valence-corrected chi connectivity index (χ0v) is 25.5. The van der Waals surface area contributed by atoms with Crippen molar-refractivity contribution in [1.29, 1.82) is 0 Å². The van der Waals surface area contributed by atoms with Crippen LogP contribution >= 0.6 is 0 Å². The lowest BCUT2D eigenvalue weighted by atomic mass is 9.89. The fraction of sp³-hybridized carbons (Fsp3) is 0.485. The van der Waals surface area contributed by atoms with Gasteiger partial charge in [-0.3, -0.25) is 19.4 Å². The normalized spacial score (nSPS) is 22.1. The lowest BCUT2D eigenvalue weighted by Crippen LogP contribution is -2.56. The Bertz CT molecular complexity index is 1580. The number of imide groups is 1. The third kappa shape index (κ3) is 6.02. The number of amides is 4. The highest BCUT2D eigenvalue weighted by Crippen LogP contribution is 2.41. The largest absolute Gasteiger partial charge is 0.492 e. The van der Waals surface area contributed by atoms with E-state index in [1.54, 1.807) is 24.1 Å². The molecular weight excluding hydrogens is 578 g/mol. The number of fused-ring (bicyclic) bond motifs is 6. The zero-order valence-electron chi connectivity index (χ0n) is 25.5. The third-order valence-corrected chi connectivity index (χ3v) is 9.22. The van der Waals surface area contributed by atoms with Crippen LogP contribution in [0.25, 0.3) is 10.9 Å². The van der Waals surface area contributed by atoms with Gasteiger partial charge in [-0.2, -0.15) is 0 Å². The summed E-state index contributed by atoms with van der Waals surface area (Å²) >= 11 is 0. The highest BCUT2D eigenvalue weighted by atomic mass is 16.8. The molecule has 12 nitrogen and oxygen atoms in total. The summed E-state index contributed by atoms with van der Waals surface area (Å²) in [7, 11) is 1.55. The average Bonchev–Trinajstić information content (AvgIpc) is 3.38. The van der Waals surface area contributed by atoms with E-state index in [9.17, 15) is 14.4 Å². The van der Waals surface area contributed by atoms with Gasteiger partial charge >= 0.3 is 6.03 Å². The fourth-order valence-corrected chi connectivity index (χ4v) is 6.73. The lowest BCUT2D eigenvalue weighted by molar-refractivity contribution is -0.186. The van der Waals surface area contributed by atoms with Gasteiger partial charge < -0.3 is 23.7 Å². The summed E-state index contributed by atoms with van der Waals surface area (Å²) in [5.74, 6) is -0.210. The molecule has 4 aliphatic rings. The molecule has 1 aromatic heterocycles. The molecule has 45 heavy (non-hydrogen) atoms. The second-order valence-electron chi connectivity index (χ2n) is 12.1. The number of morpholine rings is 1. The van der Waals surface area contributed by atoms with Gasteiger partial charge in [-0.25, -0.2) is 15.1 Å². The number of hydroxylamine groups is 1. The Morgan fingerprint density at radius 1 is 1.04 bits per heavy atom. The molecule has 3 aromatic rings. The molecule has 3 fully saturated rings. The van der Waals surface area contributed by atoms with E-state index >= 15 is 0 Å². The first-order chi connectivity index (χ1) is 22.0. The topological polar surface area (TPSA) is 115 Å². The standard InChI is InChI=1S/C33H39N5O7/c1-35-32(40)26-20-37(33(35)41)21-28-30(26)25-18-24(43-17-13-36-11-15-42-16-12-36)9-10-27(25)38(28)19-22-5-7-23(8-6-22)31(39)34-45-29-4-2-3-14-44-29/h5-10,18,26,29H,2-4,11-17,19-21H2,1H3,(H,34,39)/t26-,29?/m0/s1. The number of hydrogen-bond acceptors (Lipinski definition) is 8. The van der Waals surface area contributed by atoms with Crippen molar-refractivity contribution in [2.24, 2.45) is 0 Å². The maximum Gasteiger partial charge on any atom is 0.326 e. The smallest absolute Gasteiger partial charge is 0.326 e. The summed E-state index contributed by atoms with van der Waals surface area (Å²) in [4.78, 5) is 49.7. The van der Waals surface area contributed by atoms with Crippen molar-refractivity contribution in [1.82, 2.24) is 24.7 Å². The van der Waals surface area contributed by atoms with Crippen LogP contribution in [0.3, 0.4) is 0 Å². The number of benzene rings is 2. The van der Waals surface area contributed by atoms with Crippen LogP contribution < -0.4 is 10.2 Å². The van der Waals surface area contributed by atoms with E-state index < -0.39 is 12.2 Å². The molecule has 1 N–H and O–H groups in total. The molecule has 0 spiro atoms. The fourth-order valence-electron chi connectivity index (χ4n) is 6.73.